The Hall–Kier alpha value is -1.48. The summed E-state index contributed by atoms with van der Waals surface area (Å²) in [6, 6.07) is 4.22. The van der Waals surface area contributed by atoms with Gasteiger partial charge in [-0.3, -0.25) is 4.98 Å². The molecule has 6 nitrogen and oxygen atoms in total. The molecule has 0 atom stereocenters. The molecule has 0 fully saturated rings. The number of unbranched alkanes of at least 4 members (excludes halogenated alkanes) is 1. The molecule has 10 heteroatoms. The van der Waals surface area contributed by atoms with Crippen LogP contribution in [0.5, 0.6) is 0 Å². The zero-order valence-electron chi connectivity index (χ0n) is 14.8. The summed E-state index contributed by atoms with van der Waals surface area (Å²) in [4.78, 5) is 16.5. The molecule has 0 aliphatic carbocycles. The summed E-state index contributed by atoms with van der Waals surface area (Å²) >= 11 is 13.6. The van der Waals surface area contributed by atoms with Crippen LogP contribution in [-0.4, -0.2) is 26.0 Å². The number of aromatic nitrogens is 1. The molecule has 0 aliphatic heterocycles. The minimum absolute atomic E-state index is 0.130. The first-order valence-corrected chi connectivity index (χ1v) is 11.2. The topological polar surface area (TPSA) is 88.2 Å². The van der Waals surface area contributed by atoms with E-state index in [4.69, 9.17) is 23.2 Å². The van der Waals surface area contributed by atoms with Crippen molar-refractivity contribution in [2.45, 2.75) is 41.4 Å². The Labute approximate surface area is 173 Å². The number of carbonyl (C=O) groups is 1. The monoisotopic (exact) mass is 447 g/mol. The molecule has 0 saturated heterocycles. The summed E-state index contributed by atoms with van der Waals surface area (Å²) in [6.07, 6.45) is 4.28. The maximum atomic E-state index is 12.6. The first-order valence-electron chi connectivity index (χ1n) is 8.13. The van der Waals surface area contributed by atoms with Gasteiger partial charge in [-0.15, -0.1) is 0 Å². The number of aryl methyl sites for hydroxylation is 1. The van der Waals surface area contributed by atoms with E-state index < -0.39 is 16.1 Å². The van der Waals surface area contributed by atoms with Crippen LogP contribution in [0, 0.1) is 6.92 Å². The molecule has 0 spiro atoms. The molecule has 0 radical (unpaired) electrons. The summed E-state index contributed by atoms with van der Waals surface area (Å²) in [6.45, 7) is 4.19. The van der Waals surface area contributed by atoms with Gasteiger partial charge in [0, 0.05) is 28.7 Å². The molecule has 1 aromatic carbocycles. The van der Waals surface area contributed by atoms with Crippen LogP contribution in [-0.2, 0) is 10.0 Å². The van der Waals surface area contributed by atoms with Gasteiger partial charge >= 0.3 is 6.03 Å². The summed E-state index contributed by atoms with van der Waals surface area (Å²) < 4.78 is 27.3. The lowest BCUT2D eigenvalue weighted by Crippen LogP contribution is -2.39. The van der Waals surface area contributed by atoms with Crippen molar-refractivity contribution in [1.29, 1.82) is 0 Å². The van der Waals surface area contributed by atoms with Crippen LogP contribution in [0.15, 0.2) is 45.3 Å². The number of amides is 2. The highest BCUT2D eigenvalue weighted by Crippen LogP contribution is 2.41. The molecular formula is C17H19Cl2N3O3S2. The molecule has 146 valence electrons. The number of urea groups is 1. The number of carbonyl (C=O) groups excluding carboxylic acids is 1. The SMILES string of the molecule is CCCCNC(=O)NS(=O)(=O)c1cnccc1Sc1c(Cl)ccc(C)c1Cl. The molecule has 27 heavy (non-hydrogen) atoms. The van der Waals surface area contributed by atoms with Gasteiger partial charge in [0.25, 0.3) is 10.0 Å². The second-order valence-corrected chi connectivity index (χ2v) is 9.14. The molecule has 1 heterocycles. The van der Waals surface area contributed by atoms with E-state index in [0.29, 0.717) is 26.4 Å². The predicted molar refractivity (Wildman–Crippen MR) is 108 cm³/mol. The fraction of sp³-hybridized carbons (Fsp3) is 0.294. The van der Waals surface area contributed by atoms with Gasteiger partial charge in [-0.25, -0.2) is 17.9 Å². The first-order chi connectivity index (χ1) is 12.8. The van der Waals surface area contributed by atoms with E-state index >= 15 is 0 Å². The Kier molecular flexibility index (Phi) is 7.79. The highest BCUT2D eigenvalue weighted by molar-refractivity contribution is 8.00. The van der Waals surface area contributed by atoms with Crippen molar-refractivity contribution in [1.82, 2.24) is 15.0 Å². The van der Waals surface area contributed by atoms with Gasteiger partial charge in [-0.1, -0.05) is 54.4 Å². The van der Waals surface area contributed by atoms with Crippen molar-refractivity contribution >= 4 is 51.0 Å². The molecule has 0 unspecified atom stereocenters. The van der Waals surface area contributed by atoms with Gasteiger partial charge < -0.3 is 5.32 Å². The Morgan fingerprint density at radius 2 is 2.00 bits per heavy atom. The number of sulfonamides is 1. The summed E-state index contributed by atoms with van der Waals surface area (Å²) in [5, 5.41) is 3.35. The van der Waals surface area contributed by atoms with Crippen molar-refractivity contribution < 1.29 is 13.2 Å². The molecule has 1 aromatic heterocycles. The number of nitrogens with zero attached hydrogens (tertiary/aromatic N) is 1. The van der Waals surface area contributed by atoms with Crippen molar-refractivity contribution in [3.8, 4) is 0 Å². The van der Waals surface area contributed by atoms with Crippen LogP contribution < -0.4 is 10.0 Å². The molecule has 2 aromatic rings. The van der Waals surface area contributed by atoms with Gasteiger partial charge in [0.15, 0.2) is 0 Å². The Balaban J connectivity index is 2.30. The fourth-order valence-electron chi connectivity index (χ4n) is 2.08. The summed E-state index contributed by atoms with van der Waals surface area (Å²) in [5.74, 6) is 0. The van der Waals surface area contributed by atoms with Crippen LogP contribution in [0.1, 0.15) is 25.3 Å². The minimum atomic E-state index is -4.11. The van der Waals surface area contributed by atoms with E-state index in [1.54, 1.807) is 12.1 Å². The largest absolute Gasteiger partial charge is 0.337 e. The second kappa shape index (κ2) is 9.64. The lowest BCUT2D eigenvalue weighted by Gasteiger charge is -2.13. The van der Waals surface area contributed by atoms with E-state index in [-0.39, 0.29) is 4.90 Å². The highest BCUT2D eigenvalue weighted by Gasteiger charge is 2.23. The van der Waals surface area contributed by atoms with Crippen molar-refractivity contribution in [2.24, 2.45) is 0 Å². The molecule has 2 amide bonds. The quantitative estimate of drug-likeness (QED) is 0.603. The number of halogens is 2. The molecule has 0 saturated carbocycles. The average Bonchev–Trinajstić information content (AvgIpc) is 2.62. The van der Waals surface area contributed by atoms with E-state index in [9.17, 15) is 13.2 Å². The third-order valence-corrected chi connectivity index (χ3v) is 7.25. The first kappa shape index (κ1) is 21.8. The van der Waals surface area contributed by atoms with Gasteiger partial charge in [0.2, 0.25) is 0 Å². The van der Waals surface area contributed by atoms with Crippen LogP contribution in [0.25, 0.3) is 0 Å². The summed E-state index contributed by atoms with van der Waals surface area (Å²) in [5.41, 5.74) is 0.815. The Bertz CT molecular complexity index is 937. The van der Waals surface area contributed by atoms with Crippen molar-refractivity contribution in [2.75, 3.05) is 6.54 Å². The maximum absolute atomic E-state index is 12.6. The van der Waals surface area contributed by atoms with Gasteiger partial charge in [-0.05, 0) is 31.0 Å². The molecule has 0 bridgehead atoms. The van der Waals surface area contributed by atoms with Crippen LogP contribution in [0.3, 0.4) is 0 Å². The number of benzene rings is 1. The third-order valence-electron chi connectivity index (χ3n) is 3.53. The number of nitrogens with one attached hydrogen (secondary N) is 2. The summed E-state index contributed by atoms with van der Waals surface area (Å²) in [7, 11) is -4.11. The standard InChI is InChI=1S/C17H19Cl2N3O3S2/c1-3-4-8-21-17(23)22-27(24,25)14-10-20-9-7-13(14)26-16-12(18)6-5-11(2)15(16)19/h5-7,9-10H,3-4,8H2,1-2H3,(H2,21,22,23). The van der Waals surface area contributed by atoms with Crippen LogP contribution in [0.2, 0.25) is 10.0 Å². The van der Waals surface area contributed by atoms with Crippen LogP contribution in [0.4, 0.5) is 4.79 Å². The number of pyridine rings is 1. The fourth-order valence-corrected chi connectivity index (χ4v) is 5.01. The van der Waals surface area contributed by atoms with Crippen molar-refractivity contribution in [3.05, 3.63) is 46.2 Å². The lowest BCUT2D eigenvalue weighted by molar-refractivity contribution is 0.245. The average molecular weight is 448 g/mol. The predicted octanol–water partition coefficient (Wildman–Crippen LogP) is 4.64. The number of hydrogen-bond donors (Lipinski definition) is 2. The molecular weight excluding hydrogens is 429 g/mol. The van der Waals surface area contributed by atoms with E-state index in [1.807, 2.05) is 18.6 Å². The highest BCUT2D eigenvalue weighted by atomic mass is 35.5. The minimum Gasteiger partial charge on any atom is -0.337 e. The van der Waals surface area contributed by atoms with E-state index in [2.05, 4.69) is 10.3 Å². The van der Waals surface area contributed by atoms with Crippen molar-refractivity contribution in [3.63, 3.8) is 0 Å². The number of rotatable bonds is 7. The zero-order chi connectivity index (χ0) is 20.0. The smallest absolute Gasteiger partial charge is 0.328 e. The molecule has 2 N–H and O–H groups in total. The third kappa shape index (κ3) is 5.75. The number of hydrogen-bond acceptors (Lipinski definition) is 5. The molecule has 2 rings (SSSR count). The van der Waals surface area contributed by atoms with Gasteiger partial charge in [-0.2, -0.15) is 0 Å². The lowest BCUT2D eigenvalue weighted by atomic mass is 10.2. The van der Waals surface area contributed by atoms with E-state index in [0.717, 1.165) is 30.2 Å². The zero-order valence-corrected chi connectivity index (χ0v) is 17.9. The normalized spacial score (nSPS) is 11.3. The van der Waals surface area contributed by atoms with E-state index in [1.165, 1.54) is 18.5 Å². The van der Waals surface area contributed by atoms with Gasteiger partial charge in [0.05, 0.1) is 10.0 Å². The Morgan fingerprint density at radius 1 is 1.26 bits per heavy atom. The Morgan fingerprint density at radius 3 is 2.70 bits per heavy atom. The van der Waals surface area contributed by atoms with Crippen LogP contribution >= 0.6 is 35.0 Å². The van der Waals surface area contributed by atoms with Gasteiger partial charge in [0.1, 0.15) is 4.90 Å². The molecule has 0 aliphatic rings. The maximum Gasteiger partial charge on any atom is 0.328 e. The second-order valence-electron chi connectivity index (χ2n) is 5.65.